The number of benzene rings is 3. The second-order valence-corrected chi connectivity index (χ2v) is 6.81. The van der Waals surface area contributed by atoms with Gasteiger partial charge in [0, 0.05) is 16.5 Å². The molecular weight excluding hydrogens is 360 g/mol. The summed E-state index contributed by atoms with van der Waals surface area (Å²) in [6.07, 6.45) is 0. The lowest BCUT2D eigenvalue weighted by Gasteiger charge is -2.03. The van der Waals surface area contributed by atoms with Crippen molar-refractivity contribution in [3.05, 3.63) is 106 Å². The molecule has 0 aliphatic carbocycles. The Morgan fingerprint density at radius 3 is 2.22 bits per heavy atom. The van der Waals surface area contributed by atoms with Gasteiger partial charge in [0.2, 0.25) is 0 Å². The van der Waals surface area contributed by atoms with Crippen LogP contribution in [-0.2, 0) is 0 Å². The maximum Gasteiger partial charge on any atom is 0.442 e. The van der Waals surface area contributed by atoms with E-state index in [2.05, 4.69) is 5.27 Å². The lowest BCUT2D eigenvalue weighted by molar-refractivity contribution is -0.704. The summed E-state index contributed by atoms with van der Waals surface area (Å²) in [6.45, 7) is 0. The molecule has 0 saturated heterocycles. The number of carbonyl (C=O) groups excluding carboxylic acids is 1. The van der Waals surface area contributed by atoms with E-state index < -0.39 is 5.63 Å². The minimum atomic E-state index is -0.495. The van der Waals surface area contributed by atoms with E-state index in [0.717, 1.165) is 4.90 Å². The molecule has 0 spiro atoms. The van der Waals surface area contributed by atoms with Gasteiger partial charge in [-0.3, -0.25) is 9.32 Å². The number of para-hydroxylation sites is 1. The Labute approximate surface area is 159 Å². The van der Waals surface area contributed by atoms with Gasteiger partial charge in [0.05, 0.1) is 5.56 Å². The fraction of sp³-hybridized carbons (Fsp3) is 0. The first kappa shape index (κ1) is 17.1. The van der Waals surface area contributed by atoms with Crippen molar-refractivity contribution in [3.63, 3.8) is 0 Å². The smallest absolute Gasteiger partial charge is 0.288 e. The summed E-state index contributed by atoms with van der Waals surface area (Å²) >= 11 is 1.27. The summed E-state index contributed by atoms with van der Waals surface area (Å²) in [5.74, 6) is -0.128. The van der Waals surface area contributed by atoms with Crippen molar-refractivity contribution in [2.45, 2.75) is 9.92 Å². The Morgan fingerprint density at radius 1 is 0.852 bits per heavy atom. The molecule has 1 heterocycles. The minimum Gasteiger partial charge on any atom is -0.288 e. The van der Waals surface area contributed by atoms with E-state index in [4.69, 9.17) is 4.52 Å². The fourth-order valence-corrected chi connectivity index (χ4v) is 3.58. The van der Waals surface area contributed by atoms with Crippen LogP contribution in [0.4, 0.5) is 0 Å². The molecule has 0 atom stereocenters. The molecule has 4 aromatic rings. The highest BCUT2D eigenvalue weighted by molar-refractivity contribution is 7.99. The third-order valence-corrected chi connectivity index (χ3v) is 5.04. The van der Waals surface area contributed by atoms with E-state index in [1.807, 2.05) is 54.6 Å². The molecule has 0 aliphatic rings. The molecular formula is C21H15N2O3S+. The zero-order valence-corrected chi connectivity index (χ0v) is 15.0. The van der Waals surface area contributed by atoms with Gasteiger partial charge in [-0.15, -0.1) is 0 Å². The SMILES string of the molecule is O=C(c1ccccc1)c1ccccc1-[n+]1[nH]oc(=O)c1Sc1ccccc1. The highest BCUT2D eigenvalue weighted by Crippen LogP contribution is 2.24. The van der Waals surface area contributed by atoms with Gasteiger partial charge in [0.15, 0.2) is 5.78 Å². The van der Waals surface area contributed by atoms with Crippen LogP contribution in [0.15, 0.2) is 104 Å². The molecule has 1 aromatic heterocycles. The molecule has 132 valence electrons. The highest BCUT2D eigenvalue weighted by Gasteiger charge is 2.29. The Kier molecular flexibility index (Phi) is 4.72. The van der Waals surface area contributed by atoms with Gasteiger partial charge in [-0.05, 0) is 39.9 Å². The van der Waals surface area contributed by atoms with Gasteiger partial charge in [-0.25, -0.2) is 4.79 Å². The monoisotopic (exact) mass is 375 g/mol. The quantitative estimate of drug-likeness (QED) is 0.427. The number of hydrogen-bond donors (Lipinski definition) is 1. The number of carbonyl (C=O) groups is 1. The van der Waals surface area contributed by atoms with Crippen molar-refractivity contribution >= 4 is 17.5 Å². The molecule has 0 saturated carbocycles. The van der Waals surface area contributed by atoms with E-state index in [1.165, 1.54) is 16.4 Å². The molecule has 0 fully saturated rings. The van der Waals surface area contributed by atoms with Gasteiger partial charge in [-0.1, -0.05) is 60.7 Å². The standard InChI is InChI=1S/C21H14N2O3S/c24-19(15-9-3-1-4-10-15)17-13-7-8-14-18(17)23-20(21(25)26-22-23)27-16-11-5-2-6-12-16/h1-14H/p+1. The van der Waals surface area contributed by atoms with Crippen LogP contribution < -0.4 is 10.3 Å². The average Bonchev–Trinajstić information content (AvgIpc) is 3.09. The highest BCUT2D eigenvalue weighted by atomic mass is 32.2. The van der Waals surface area contributed by atoms with Crippen LogP contribution in [0.1, 0.15) is 15.9 Å². The second kappa shape index (κ2) is 7.47. The maximum atomic E-state index is 13.0. The van der Waals surface area contributed by atoms with Crippen molar-refractivity contribution in [1.29, 1.82) is 0 Å². The number of aromatic amines is 1. The van der Waals surface area contributed by atoms with Gasteiger partial charge in [0.1, 0.15) is 0 Å². The first-order chi connectivity index (χ1) is 13.2. The lowest BCUT2D eigenvalue weighted by atomic mass is 10.0. The number of nitrogens with zero attached hydrogens (tertiary/aromatic N) is 1. The number of hydrogen-bond acceptors (Lipinski definition) is 4. The van der Waals surface area contributed by atoms with E-state index in [1.54, 1.807) is 30.3 Å². The minimum absolute atomic E-state index is 0.128. The summed E-state index contributed by atoms with van der Waals surface area (Å²) < 4.78 is 6.52. The van der Waals surface area contributed by atoms with Gasteiger partial charge in [-0.2, -0.15) is 0 Å². The molecule has 6 heteroatoms. The molecule has 5 nitrogen and oxygen atoms in total. The van der Waals surface area contributed by atoms with E-state index >= 15 is 0 Å². The van der Waals surface area contributed by atoms with Crippen molar-refractivity contribution in [1.82, 2.24) is 5.27 Å². The van der Waals surface area contributed by atoms with Crippen molar-refractivity contribution in [3.8, 4) is 5.69 Å². The first-order valence-electron chi connectivity index (χ1n) is 8.29. The molecule has 0 radical (unpaired) electrons. The maximum absolute atomic E-state index is 13.0. The molecule has 0 unspecified atom stereocenters. The van der Waals surface area contributed by atoms with Crippen LogP contribution in [0.2, 0.25) is 0 Å². The molecule has 1 N–H and O–H groups in total. The Hall–Kier alpha value is -3.38. The number of aromatic nitrogens is 2. The summed E-state index contributed by atoms with van der Waals surface area (Å²) in [5, 5.41) is 2.96. The van der Waals surface area contributed by atoms with Crippen LogP contribution >= 0.6 is 11.8 Å². The van der Waals surface area contributed by atoms with Crippen molar-refractivity contribution in [2.24, 2.45) is 0 Å². The molecule has 0 bridgehead atoms. The summed E-state index contributed by atoms with van der Waals surface area (Å²) in [5.41, 5.74) is 1.11. The van der Waals surface area contributed by atoms with Crippen LogP contribution in [0, 0.1) is 0 Å². The van der Waals surface area contributed by atoms with E-state index in [0.29, 0.717) is 21.8 Å². The third-order valence-electron chi connectivity index (χ3n) is 3.99. The normalized spacial score (nSPS) is 10.7. The largest absolute Gasteiger partial charge is 0.442 e. The van der Waals surface area contributed by atoms with E-state index in [-0.39, 0.29) is 5.78 Å². The topological polar surface area (TPSA) is 66.9 Å². The van der Waals surface area contributed by atoms with Gasteiger partial charge >= 0.3 is 10.7 Å². The van der Waals surface area contributed by atoms with Crippen molar-refractivity contribution < 1.29 is 14.0 Å². The summed E-state index contributed by atoms with van der Waals surface area (Å²) in [4.78, 5) is 26.1. The number of nitrogens with one attached hydrogen (secondary N) is 1. The van der Waals surface area contributed by atoms with Gasteiger partial charge < -0.3 is 0 Å². The second-order valence-electron chi connectivity index (χ2n) is 5.75. The fourth-order valence-electron chi connectivity index (χ4n) is 2.72. The van der Waals surface area contributed by atoms with Crippen LogP contribution in [0.25, 0.3) is 5.69 Å². The molecule has 27 heavy (non-hydrogen) atoms. The number of H-pyrrole nitrogens is 1. The van der Waals surface area contributed by atoms with Gasteiger partial charge in [0.25, 0.3) is 5.69 Å². The Bertz CT molecular complexity index is 1130. The zero-order chi connectivity index (χ0) is 18.6. The predicted octanol–water partition coefficient (Wildman–Crippen LogP) is 3.63. The Balaban J connectivity index is 1.80. The molecule has 3 aromatic carbocycles. The molecule has 0 aliphatic heterocycles. The van der Waals surface area contributed by atoms with Crippen LogP contribution in [-0.4, -0.2) is 11.1 Å². The average molecular weight is 375 g/mol. The Morgan fingerprint density at radius 2 is 1.48 bits per heavy atom. The molecule has 0 amide bonds. The molecule has 4 rings (SSSR count). The number of rotatable bonds is 5. The third kappa shape index (κ3) is 3.47. The van der Waals surface area contributed by atoms with Crippen LogP contribution in [0.3, 0.4) is 0 Å². The van der Waals surface area contributed by atoms with E-state index in [9.17, 15) is 9.59 Å². The van der Waals surface area contributed by atoms with Crippen LogP contribution in [0.5, 0.6) is 0 Å². The summed E-state index contributed by atoms with van der Waals surface area (Å²) in [7, 11) is 0. The predicted molar refractivity (Wildman–Crippen MR) is 101 cm³/mol. The number of ketones is 1. The summed E-state index contributed by atoms with van der Waals surface area (Å²) in [6, 6.07) is 25.7. The van der Waals surface area contributed by atoms with Crippen molar-refractivity contribution in [2.75, 3.05) is 0 Å². The zero-order valence-electron chi connectivity index (χ0n) is 14.2. The lowest BCUT2D eigenvalue weighted by Crippen LogP contribution is -2.37. The first-order valence-corrected chi connectivity index (χ1v) is 9.11.